The molecule has 1 aromatic heterocycles. The summed E-state index contributed by atoms with van der Waals surface area (Å²) in [7, 11) is 1.26. The Labute approximate surface area is 141 Å². The Bertz CT molecular complexity index is 885. The normalized spacial score (nSPS) is 11.4. The van der Waals surface area contributed by atoms with Gasteiger partial charge >= 0.3 is 12.1 Å². The lowest BCUT2D eigenvalue weighted by molar-refractivity contribution is -0.144. The maximum Gasteiger partial charge on any atom is 0.449 e. The van der Waals surface area contributed by atoms with Crippen molar-refractivity contribution < 1.29 is 22.7 Å². The first-order valence-corrected chi connectivity index (χ1v) is 7.31. The van der Waals surface area contributed by atoms with E-state index < -0.39 is 18.0 Å². The van der Waals surface area contributed by atoms with Crippen LogP contribution in [0.3, 0.4) is 0 Å². The third-order valence-corrected chi connectivity index (χ3v) is 3.61. The van der Waals surface area contributed by atoms with E-state index in [0.29, 0.717) is 16.7 Å². The number of alkyl halides is 3. The number of carbonyl (C=O) groups excluding carboxylic acids is 1. The van der Waals surface area contributed by atoms with Gasteiger partial charge in [-0.25, -0.2) is 9.78 Å². The molecule has 0 fully saturated rings. The summed E-state index contributed by atoms with van der Waals surface area (Å²) in [6, 6.07) is 14.7. The monoisotopic (exact) mass is 346 g/mol. The van der Waals surface area contributed by atoms with Crippen molar-refractivity contribution in [1.82, 2.24) is 9.97 Å². The fraction of sp³-hybridized carbons (Fsp3) is 0.111. The number of hydrogen-bond donors (Lipinski definition) is 1. The number of aromatic nitrogens is 2. The van der Waals surface area contributed by atoms with Crippen molar-refractivity contribution in [2.24, 2.45) is 0 Å². The van der Waals surface area contributed by atoms with Crippen molar-refractivity contribution in [2.45, 2.75) is 6.18 Å². The number of esters is 1. The van der Waals surface area contributed by atoms with Crippen LogP contribution in [0, 0.1) is 0 Å². The zero-order valence-electron chi connectivity index (χ0n) is 13.1. The fourth-order valence-corrected chi connectivity index (χ4v) is 2.41. The van der Waals surface area contributed by atoms with Gasteiger partial charge in [-0.1, -0.05) is 42.5 Å². The Morgan fingerprint density at radius 1 is 1.00 bits per heavy atom. The Morgan fingerprint density at radius 3 is 2.20 bits per heavy atom. The average Bonchev–Trinajstić information content (AvgIpc) is 3.08. The summed E-state index contributed by atoms with van der Waals surface area (Å²) >= 11 is 0. The Kier molecular flexibility index (Phi) is 4.31. The molecular weight excluding hydrogens is 333 g/mol. The van der Waals surface area contributed by atoms with Gasteiger partial charge in [-0.15, -0.1) is 0 Å². The summed E-state index contributed by atoms with van der Waals surface area (Å²) in [4.78, 5) is 17.6. The number of ether oxygens (including phenoxy) is 1. The topological polar surface area (TPSA) is 55.0 Å². The molecule has 0 amide bonds. The molecule has 128 valence electrons. The zero-order chi connectivity index (χ0) is 18.0. The highest BCUT2D eigenvalue weighted by Gasteiger charge is 2.36. The highest BCUT2D eigenvalue weighted by Crippen LogP contribution is 2.35. The molecule has 3 aromatic rings. The number of H-pyrrole nitrogens is 1. The van der Waals surface area contributed by atoms with E-state index in [0.717, 1.165) is 0 Å². The molecule has 0 aliphatic heterocycles. The van der Waals surface area contributed by atoms with Gasteiger partial charge < -0.3 is 9.72 Å². The lowest BCUT2D eigenvalue weighted by atomic mass is 10.0. The van der Waals surface area contributed by atoms with Crippen molar-refractivity contribution in [3.63, 3.8) is 0 Å². The number of halogens is 3. The van der Waals surface area contributed by atoms with Crippen LogP contribution in [-0.2, 0) is 10.9 Å². The molecule has 3 rings (SSSR count). The molecule has 25 heavy (non-hydrogen) atoms. The van der Waals surface area contributed by atoms with E-state index >= 15 is 0 Å². The maximum atomic E-state index is 13.1. The molecule has 0 atom stereocenters. The second-order valence-corrected chi connectivity index (χ2v) is 5.24. The van der Waals surface area contributed by atoms with Gasteiger partial charge in [0.1, 0.15) is 0 Å². The van der Waals surface area contributed by atoms with Crippen LogP contribution < -0.4 is 0 Å². The predicted molar refractivity (Wildman–Crippen MR) is 85.8 cm³/mol. The van der Waals surface area contributed by atoms with Crippen molar-refractivity contribution >= 4 is 5.97 Å². The van der Waals surface area contributed by atoms with Crippen LogP contribution in [0.4, 0.5) is 13.2 Å². The number of nitrogens with zero attached hydrogens (tertiary/aromatic N) is 1. The van der Waals surface area contributed by atoms with E-state index in [1.807, 2.05) is 0 Å². The largest absolute Gasteiger partial charge is 0.465 e. The van der Waals surface area contributed by atoms with Crippen LogP contribution in [0.1, 0.15) is 16.2 Å². The number of carbonyl (C=O) groups is 1. The first kappa shape index (κ1) is 16.8. The highest BCUT2D eigenvalue weighted by molar-refractivity contribution is 5.90. The molecule has 0 unspecified atom stereocenters. The molecule has 4 nitrogen and oxygen atoms in total. The number of methoxy groups -OCH3 is 1. The van der Waals surface area contributed by atoms with E-state index in [1.165, 1.54) is 19.2 Å². The molecule has 0 spiro atoms. The molecule has 0 aliphatic rings. The molecule has 2 aromatic carbocycles. The summed E-state index contributed by atoms with van der Waals surface area (Å²) in [6.07, 6.45) is -4.59. The number of hydrogen-bond acceptors (Lipinski definition) is 3. The van der Waals surface area contributed by atoms with E-state index in [2.05, 4.69) is 14.7 Å². The summed E-state index contributed by atoms with van der Waals surface area (Å²) in [5.74, 6) is -1.59. The van der Waals surface area contributed by atoms with Crippen molar-refractivity contribution in [2.75, 3.05) is 7.11 Å². The summed E-state index contributed by atoms with van der Waals surface area (Å²) in [5.41, 5.74) is 1.77. The zero-order valence-corrected chi connectivity index (χ0v) is 13.1. The Morgan fingerprint density at radius 2 is 1.64 bits per heavy atom. The second-order valence-electron chi connectivity index (χ2n) is 5.24. The summed E-state index contributed by atoms with van der Waals surface area (Å²) in [5, 5.41) is 0. The van der Waals surface area contributed by atoms with Crippen LogP contribution in [0.15, 0.2) is 54.6 Å². The van der Waals surface area contributed by atoms with Crippen molar-refractivity contribution in [1.29, 1.82) is 0 Å². The molecule has 1 heterocycles. The minimum Gasteiger partial charge on any atom is -0.465 e. The van der Waals surface area contributed by atoms with Gasteiger partial charge in [0.05, 0.1) is 24.1 Å². The third-order valence-electron chi connectivity index (χ3n) is 3.61. The highest BCUT2D eigenvalue weighted by atomic mass is 19.4. The van der Waals surface area contributed by atoms with Gasteiger partial charge in [-0.05, 0) is 12.1 Å². The molecule has 0 aliphatic carbocycles. The number of rotatable bonds is 3. The molecule has 1 N–H and O–H groups in total. The Balaban J connectivity index is 2.11. The average molecular weight is 346 g/mol. The van der Waals surface area contributed by atoms with Gasteiger partial charge in [0, 0.05) is 11.1 Å². The fourth-order valence-electron chi connectivity index (χ4n) is 2.41. The summed E-state index contributed by atoms with van der Waals surface area (Å²) in [6.45, 7) is 0. The SMILES string of the molecule is COC(=O)c1ccc(-c2[nH]c(C(F)(F)F)nc2-c2ccccc2)cc1. The van der Waals surface area contributed by atoms with Crippen LogP contribution in [-0.4, -0.2) is 23.0 Å². The van der Waals surface area contributed by atoms with Crippen molar-refractivity contribution in [3.05, 3.63) is 66.0 Å². The van der Waals surface area contributed by atoms with Gasteiger partial charge in [0.15, 0.2) is 0 Å². The van der Waals surface area contributed by atoms with Crippen LogP contribution >= 0.6 is 0 Å². The van der Waals surface area contributed by atoms with Gasteiger partial charge in [0.2, 0.25) is 5.82 Å². The molecular formula is C18H13F3N2O2. The standard InChI is InChI=1S/C18H13F3N2O2/c1-25-16(24)13-9-7-12(8-10-13)15-14(11-5-3-2-4-6-11)22-17(23-15)18(19,20)21/h2-10H,1H3,(H,22,23). The summed E-state index contributed by atoms with van der Waals surface area (Å²) < 4.78 is 43.8. The van der Waals surface area contributed by atoms with Crippen LogP contribution in [0.25, 0.3) is 22.5 Å². The van der Waals surface area contributed by atoms with E-state index in [-0.39, 0.29) is 11.4 Å². The number of aromatic amines is 1. The molecule has 7 heteroatoms. The minimum absolute atomic E-state index is 0.193. The lowest BCUT2D eigenvalue weighted by Gasteiger charge is -2.04. The quantitative estimate of drug-likeness (QED) is 0.708. The third kappa shape index (κ3) is 3.40. The van der Waals surface area contributed by atoms with E-state index in [1.54, 1.807) is 42.5 Å². The van der Waals surface area contributed by atoms with Gasteiger partial charge in [-0.2, -0.15) is 13.2 Å². The lowest BCUT2D eigenvalue weighted by Crippen LogP contribution is -2.07. The van der Waals surface area contributed by atoms with E-state index in [9.17, 15) is 18.0 Å². The molecule has 0 saturated carbocycles. The first-order valence-electron chi connectivity index (χ1n) is 7.31. The maximum absolute atomic E-state index is 13.1. The Hall–Kier alpha value is -3.09. The van der Waals surface area contributed by atoms with E-state index in [4.69, 9.17) is 0 Å². The van der Waals surface area contributed by atoms with Crippen LogP contribution in [0.2, 0.25) is 0 Å². The molecule has 0 radical (unpaired) electrons. The minimum atomic E-state index is -4.59. The number of benzene rings is 2. The first-order chi connectivity index (χ1) is 11.9. The van der Waals surface area contributed by atoms with Crippen LogP contribution in [0.5, 0.6) is 0 Å². The smallest absolute Gasteiger partial charge is 0.449 e. The van der Waals surface area contributed by atoms with Gasteiger partial charge in [-0.3, -0.25) is 0 Å². The number of imidazole rings is 1. The second kappa shape index (κ2) is 6.43. The molecule has 0 bridgehead atoms. The van der Waals surface area contributed by atoms with Gasteiger partial charge in [0.25, 0.3) is 0 Å². The number of nitrogens with one attached hydrogen (secondary N) is 1. The predicted octanol–water partition coefficient (Wildman–Crippen LogP) is 4.55. The van der Waals surface area contributed by atoms with Crippen molar-refractivity contribution in [3.8, 4) is 22.5 Å². The molecule has 0 saturated heterocycles.